The predicted molar refractivity (Wildman–Crippen MR) is 88.3 cm³/mol. The van der Waals surface area contributed by atoms with Gasteiger partial charge in [0.15, 0.2) is 0 Å². The summed E-state index contributed by atoms with van der Waals surface area (Å²) >= 11 is 0. The zero-order valence-corrected chi connectivity index (χ0v) is 13.7. The molecule has 0 aromatic heterocycles. The normalized spacial score (nSPS) is 24.3. The third kappa shape index (κ3) is 4.45. The Bertz CT molecular complexity index is 443. The molecule has 2 fully saturated rings. The van der Waals surface area contributed by atoms with E-state index in [1.165, 1.54) is 38.0 Å². The molecule has 1 aromatic carbocycles. The average Bonchev–Trinajstić information content (AvgIpc) is 2.57. The molecule has 2 aliphatic rings. The molecule has 0 aliphatic carbocycles. The van der Waals surface area contributed by atoms with Crippen LogP contribution in [-0.2, 0) is 11.3 Å². The number of hydrogen-bond donors (Lipinski definition) is 0. The van der Waals surface area contributed by atoms with Gasteiger partial charge in [0.25, 0.3) is 0 Å². The third-order valence-corrected chi connectivity index (χ3v) is 4.79. The number of hydrogen-bond acceptors (Lipinski definition) is 4. The van der Waals surface area contributed by atoms with Crippen LogP contribution in [0, 0.1) is 5.92 Å². The highest BCUT2D eigenvalue weighted by molar-refractivity contribution is 5.27. The van der Waals surface area contributed by atoms with Gasteiger partial charge >= 0.3 is 0 Å². The summed E-state index contributed by atoms with van der Waals surface area (Å²) < 4.78 is 10.7. The van der Waals surface area contributed by atoms with Crippen LogP contribution in [0.1, 0.15) is 18.4 Å². The van der Waals surface area contributed by atoms with Crippen LogP contribution in [0.15, 0.2) is 24.3 Å². The molecule has 2 saturated heterocycles. The first-order chi connectivity index (χ1) is 10.8. The Kier molecular flexibility index (Phi) is 5.70. The lowest BCUT2D eigenvalue weighted by Crippen LogP contribution is -2.44. The summed E-state index contributed by atoms with van der Waals surface area (Å²) in [6.45, 7) is 8.77. The van der Waals surface area contributed by atoms with Gasteiger partial charge in [0.1, 0.15) is 5.75 Å². The Hall–Kier alpha value is -1.10. The molecule has 2 heterocycles. The molecule has 0 unspecified atom stereocenters. The molecule has 3 rings (SSSR count). The molecule has 22 heavy (non-hydrogen) atoms. The zero-order valence-electron chi connectivity index (χ0n) is 13.7. The molecule has 122 valence electrons. The maximum Gasteiger partial charge on any atom is 0.118 e. The second-order valence-corrected chi connectivity index (χ2v) is 6.50. The first-order valence-corrected chi connectivity index (χ1v) is 8.49. The van der Waals surface area contributed by atoms with E-state index in [-0.39, 0.29) is 0 Å². The largest absolute Gasteiger partial charge is 0.497 e. The molecule has 0 N–H and O–H groups in total. The van der Waals surface area contributed by atoms with Crippen LogP contribution in [0.25, 0.3) is 0 Å². The van der Waals surface area contributed by atoms with Crippen molar-refractivity contribution >= 4 is 0 Å². The van der Waals surface area contributed by atoms with Gasteiger partial charge in [-0.15, -0.1) is 0 Å². The van der Waals surface area contributed by atoms with Crippen LogP contribution in [0.4, 0.5) is 0 Å². The van der Waals surface area contributed by atoms with Crippen molar-refractivity contribution in [3.05, 3.63) is 29.8 Å². The number of morpholine rings is 1. The van der Waals surface area contributed by atoms with Crippen molar-refractivity contribution in [2.75, 3.05) is 53.0 Å². The maximum atomic E-state index is 5.45. The molecule has 0 radical (unpaired) electrons. The van der Waals surface area contributed by atoms with Crippen molar-refractivity contribution in [3.8, 4) is 5.75 Å². The van der Waals surface area contributed by atoms with E-state index in [1.54, 1.807) is 7.11 Å². The van der Waals surface area contributed by atoms with Crippen LogP contribution in [0.5, 0.6) is 5.75 Å². The molecule has 2 aliphatic heterocycles. The van der Waals surface area contributed by atoms with Gasteiger partial charge in [-0.1, -0.05) is 12.1 Å². The minimum atomic E-state index is 0.810. The summed E-state index contributed by atoms with van der Waals surface area (Å²) in [5.41, 5.74) is 1.38. The molecular weight excluding hydrogens is 276 g/mol. The summed E-state index contributed by atoms with van der Waals surface area (Å²) in [7, 11) is 1.72. The molecule has 0 saturated carbocycles. The smallest absolute Gasteiger partial charge is 0.118 e. The summed E-state index contributed by atoms with van der Waals surface area (Å²) in [4.78, 5) is 5.18. The SMILES string of the molecule is COc1ccc(CN2CCC[C@@H](CN3CCOCC3)C2)cc1. The summed E-state index contributed by atoms with van der Waals surface area (Å²) in [5.74, 6) is 1.75. The monoisotopic (exact) mass is 304 g/mol. The van der Waals surface area contributed by atoms with E-state index >= 15 is 0 Å². The molecule has 1 atom stereocenters. The Morgan fingerprint density at radius 2 is 1.86 bits per heavy atom. The fraction of sp³-hybridized carbons (Fsp3) is 0.667. The van der Waals surface area contributed by atoms with E-state index in [0.717, 1.165) is 44.5 Å². The number of methoxy groups -OCH3 is 1. The standard InChI is InChI=1S/C18H28N2O2/c1-21-18-6-4-16(5-7-18)13-20-8-2-3-17(15-20)14-19-9-11-22-12-10-19/h4-7,17H,2-3,8-15H2,1H3/t17-/m0/s1. The minimum absolute atomic E-state index is 0.810. The number of nitrogens with zero attached hydrogens (tertiary/aromatic N) is 2. The number of piperidine rings is 1. The van der Waals surface area contributed by atoms with Crippen molar-refractivity contribution in [1.29, 1.82) is 0 Å². The summed E-state index contributed by atoms with van der Waals surface area (Å²) in [5, 5.41) is 0. The average molecular weight is 304 g/mol. The molecule has 0 spiro atoms. The number of likely N-dealkylation sites (tertiary alicyclic amines) is 1. The molecule has 4 heteroatoms. The van der Waals surface area contributed by atoms with E-state index < -0.39 is 0 Å². The molecule has 0 amide bonds. The number of rotatable bonds is 5. The highest BCUT2D eigenvalue weighted by Crippen LogP contribution is 2.21. The molecular formula is C18H28N2O2. The lowest BCUT2D eigenvalue weighted by molar-refractivity contribution is 0.0224. The first kappa shape index (κ1) is 15.8. The Morgan fingerprint density at radius 3 is 2.59 bits per heavy atom. The van der Waals surface area contributed by atoms with Crippen molar-refractivity contribution in [2.24, 2.45) is 5.92 Å². The van der Waals surface area contributed by atoms with Crippen LogP contribution < -0.4 is 4.74 Å². The Labute approximate surface area is 134 Å². The van der Waals surface area contributed by atoms with E-state index in [0.29, 0.717) is 0 Å². The van der Waals surface area contributed by atoms with Gasteiger partial charge in [0, 0.05) is 32.7 Å². The van der Waals surface area contributed by atoms with Gasteiger partial charge in [0.05, 0.1) is 20.3 Å². The van der Waals surface area contributed by atoms with Crippen LogP contribution in [-0.4, -0.2) is 62.8 Å². The van der Waals surface area contributed by atoms with Gasteiger partial charge in [-0.2, -0.15) is 0 Å². The highest BCUT2D eigenvalue weighted by atomic mass is 16.5. The van der Waals surface area contributed by atoms with Gasteiger partial charge in [-0.3, -0.25) is 9.80 Å². The van der Waals surface area contributed by atoms with Crippen molar-refractivity contribution in [2.45, 2.75) is 19.4 Å². The van der Waals surface area contributed by atoms with E-state index in [2.05, 4.69) is 34.1 Å². The van der Waals surface area contributed by atoms with E-state index in [1.807, 2.05) is 0 Å². The molecule has 0 bridgehead atoms. The summed E-state index contributed by atoms with van der Waals surface area (Å²) in [6, 6.07) is 8.49. The van der Waals surface area contributed by atoms with Gasteiger partial charge < -0.3 is 9.47 Å². The lowest BCUT2D eigenvalue weighted by Gasteiger charge is -2.36. The quantitative estimate of drug-likeness (QED) is 0.833. The van der Waals surface area contributed by atoms with E-state index in [9.17, 15) is 0 Å². The zero-order chi connectivity index (χ0) is 15.2. The maximum absolute atomic E-state index is 5.45. The van der Waals surface area contributed by atoms with Crippen molar-refractivity contribution < 1.29 is 9.47 Å². The first-order valence-electron chi connectivity index (χ1n) is 8.49. The van der Waals surface area contributed by atoms with Crippen LogP contribution in [0.3, 0.4) is 0 Å². The van der Waals surface area contributed by atoms with Gasteiger partial charge in [-0.05, 0) is 43.0 Å². The van der Waals surface area contributed by atoms with Crippen LogP contribution in [0.2, 0.25) is 0 Å². The fourth-order valence-corrected chi connectivity index (χ4v) is 3.58. The Morgan fingerprint density at radius 1 is 1.09 bits per heavy atom. The third-order valence-electron chi connectivity index (χ3n) is 4.79. The predicted octanol–water partition coefficient (Wildman–Crippen LogP) is 2.24. The summed E-state index contributed by atoms with van der Waals surface area (Å²) in [6.07, 6.45) is 2.70. The second-order valence-electron chi connectivity index (χ2n) is 6.50. The molecule has 4 nitrogen and oxygen atoms in total. The van der Waals surface area contributed by atoms with Crippen molar-refractivity contribution in [3.63, 3.8) is 0 Å². The topological polar surface area (TPSA) is 24.9 Å². The second kappa shape index (κ2) is 7.95. The number of benzene rings is 1. The van der Waals surface area contributed by atoms with Gasteiger partial charge in [0.2, 0.25) is 0 Å². The highest BCUT2D eigenvalue weighted by Gasteiger charge is 2.23. The number of ether oxygens (including phenoxy) is 2. The van der Waals surface area contributed by atoms with Crippen LogP contribution >= 0.6 is 0 Å². The Balaban J connectivity index is 1.49. The van der Waals surface area contributed by atoms with Gasteiger partial charge in [-0.25, -0.2) is 0 Å². The fourth-order valence-electron chi connectivity index (χ4n) is 3.58. The van der Waals surface area contributed by atoms with E-state index in [4.69, 9.17) is 9.47 Å². The minimum Gasteiger partial charge on any atom is -0.497 e. The van der Waals surface area contributed by atoms with Crippen molar-refractivity contribution in [1.82, 2.24) is 9.80 Å². The lowest BCUT2D eigenvalue weighted by atomic mass is 9.96. The molecule has 1 aromatic rings.